The van der Waals surface area contributed by atoms with Gasteiger partial charge in [-0.05, 0) is 36.7 Å². The van der Waals surface area contributed by atoms with E-state index in [0.717, 1.165) is 24.3 Å². The van der Waals surface area contributed by atoms with Crippen molar-refractivity contribution in [1.29, 1.82) is 0 Å². The average Bonchev–Trinajstić information content (AvgIpc) is 2.37. The summed E-state index contributed by atoms with van der Waals surface area (Å²) in [6.45, 7) is 1.21. The van der Waals surface area contributed by atoms with Crippen molar-refractivity contribution in [3.63, 3.8) is 0 Å². The van der Waals surface area contributed by atoms with Crippen molar-refractivity contribution in [3.05, 3.63) is 29.3 Å². The molecule has 2 rings (SSSR count). The molecule has 0 fully saturated rings. The third kappa shape index (κ3) is 2.29. The number of rotatable bonds is 3. The van der Waals surface area contributed by atoms with E-state index in [4.69, 9.17) is 10.5 Å². The Balaban J connectivity index is 2.41. The highest BCUT2D eigenvalue weighted by molar-refractivity contribution is 5.40. The van der Waals surface area contributed by atoms with Gasteiger partial charge in [0.2, 0.25) is 0 Å². The monoisotopic (exact) mass is 236 g/mol. The second-order valence-corrected chi connectivity index (χ2v) is 4.54. The maximum Gasteiger partial charge on any atom is 0.119 e. The minimum absolute atomic E-state index is 0.0288. The lowest BCUT2D eigenvalue weighted by Crippen LogP contribution is -2.42. The van der Waals surface area contributed by atoms with Gasteiger partial charge in [-0.15, -0.1) is 0 Å². The Morgan fingerprint density at radius 1 is 1.59 bits per heavy atom. The molecule has 17 heavy (non-hydrogen) atoms. The van der Waals surface area contributed by atoms with Gasteiger partial charge in [-0.1, -0.05) is 6.07 Å². The minimum atomic E-state index is -0.536. The Hall–Kier alpha value is -1.10. The third-order valence-corrected chi connectivity index (χ3v) is 3.49. The second kappa shape index (κ2) is 5.04. The quantitative estimate of drug-likeness (QED) is 0.804. The lowest BCUT2D eigenvalue weighted by Gasteiger charge is -2.37. The highest BCUT2D eigenvalue weighted by Crippen LogP contribution is 2.33. The number of methoxy groups -OCH3 is 1. The van der Waals surface area contributed by atoms with E-state index in [9.17, 15) is 5.11 Å². The van der Waals surface area contributed by atoms with Crippen molar-refractivity contribution in [2.45, 2.75) is 18.6 Å². The van der Waals surface area contributed by atoms with E-state index in [0.29, 0.717) is 0 Å². The Kier molecular flexibility index (Phi) is 3.66. The smallest absolute Gasteiger partial charge is 0.119 e. The summed E-state index contributed by atoms with van der Waals surface area (Å²) < 4.78 is 5.25. The number of hydrogen-bond acceptors (Lipinski definition) is 4. The van der Waals surface area contributed by atoms with Crippen molar-refractivity contribution in [2.75, 3.05) is 27.2 Å². The summed E-state index contributed by atoms with van der Waals surface area (Å²) in [4.78, 5) is 2.15. The van der Waals surface area contributed by atoms with Gasteiger partial charge < -0.3 is 15.6 Å². The molecule has 1 aromatic rings. The fourth-order valence-electron chi connectivity index (χ4n) is 2.51. The summed E-state index contributed by atoms with van der Waals surface area (Å²) in [7, 11) is 3.68. The molecular weight excluding hydrogens is 216 g/mol. The van der Waals surface area contributed by atoms with E-state index < -0.39 is 6.10 Å². The van der Waals surface area contributed by atoms with Gasteiger partial charge in [0.15, 0.2) is 0 Å². The summed E-state index contributed by atoms with van der Waals surface area (Å²) in [6, 6.07) is 6.03. The van der Waals surface area contributed by atoms with Crippen molar-refractivity contribution < 1.29 is 9.84 Å². The molecule has 94 valence electrons. The molecule has 0 bridgehead atoms. The van der Waals surface area contributed by atoms with Gasteiger partial charge in [0, 0.05) is 13.1 Å². The molecule has 0 saturated heterocycles. The summed E-state index contributed by atoms with van der Waals surface area (Å²) in [5.41, 5.74) is 8.00. The Morgan fingerprint density at radius 3 is 3.00 bits per heavy atom. The second-order valence-electron chi connectivity index (χ2n) is 4.54. The van der Waals surface area contributed by atoms with Crippen LogP contribution in [0.3, 0.4) is 0 Å². The topological polar surface area (TPSA) is 58.7 Å². The molecule has 0 aromatic heterocycles. The minimum Gasteiger partial charge on any atom is -0.497 e. The molecule has 0 radical (unpaired) electrons. The third-order valence-electron chi connectivity index (χ3n) is 3.49. The number of aliphatic hydroxyl groups is 1. The van der Waals surface area contributed by atoms with Gasteiger partial charge in [0.05, 0.1) is 19.3 Å². The first kappa shape index (κ1) is 12.4. The van der Waals surface area contributed by atoms with E-state index in [1.165, 1.54) is 5.56 Å². The SMILES string of the molecule is COc1ccc2c(c1)C(C(O)CN)N(C)CC2. The van der Waals surface area contributed by atoms with Crippen molar-refractivity contribution in [2.24, 2.45) is 5.73 Å². The van der Waals surface area contributed by atoms with Gasteiger partial charge in [0.25, 0.3) is 0 Å². The molecule has 0 spiro atoms. The molecule has 4 heteroatoms. The first-order chi connectivity index (χ1) is 8.17. The Morgan fingerprint density at radius 2 is 2.35 bits per heavy atom. The number of nitrogens with two attached hydrogens (primary N) is 1. The summed E-state index contributed by atoms with van der Waals surface area (Å²) in [5, 5.41) is 10.1. The zero-order chi connectivity index (χ0) is 12.4. The van der Waals surface area contributed by atoms with Crippen LogP contribution in [0.2, 0.25) is 0 Å². The fraction of sp³-hybridized carbons (Fsp3) is 0.538. The summed E-state index contributed by atoms with van der Waals surface area (Å²) in [6.07, 6.45) is 0.468. The van der Waals surface area contributed by atoms with Crippen LogP contribution in [0.25, 0.3) is 0 Å². The van der Waals surface area contributed by atoms with Crippen molar-refractivity contribution >= 4 is 0 Å². The molecule has 1 heterocycles. The summed E-state index contributed by atoms with van der Waals surface area (Å²) in [5.74, 6) is 0.827. The molecule has 4 nitrogen and oxygen atoms in total. The van der Waals surface area contributed by atoms with Gasteiger partial charge in [0.1, 0.15) is 5.75 Å². The molecule has 0 saturated carbocycles. The van der Waals surface area contributed by atoms with Gasteiger partial charge in [-0.25, -0.2) is 0 Å². The number of likely N-dealkylation sites (N-methyl/N-ethyl adjacent to an activating group) is 1. The van der Waals surface area contributed by atoms with Gasteiger partial charge in [-0.2, -0.15) is 0 Å². The molecule has 0 amide bonds. The lowest BCUT2D eigenvalue weighted by molar-refractivity contribution is 0.0626. The summed E-state index contributed by atoms with van der Waals surface area (Å²) >= 11 is 0. The predicted molar refractivity (Wildman–Crippen MR) is 67.1 cm³/mol. The molecule has 0 aliphatic carbocycles. The van der Waals surface area contributed by atoms with Crippen LogP contribution in [-0.4, -0.2) is 43.4 Å². The zero-order valence-corrected chi connectivity index (χ0v) is 10.4. The number of ether oxygens (including phenoxy) is 1. The molecular formula is C13H20N2O2. The Labute approximate surface area is 102 Å². The molecule has 1 aliphatic rings. The first-order valence-corrected chi connectivity index (χ1v) is 5.92. The molecule has 1 aliphatic heterocycles. The standard InChI is InChI=1S/C13H20N2O2/c1-15-6-5-9-3-4-10(17-2)7-11(9)13(15)12(16)8-14/h3-4,7,12-13,16H,5-6,8,14H2,1-2H3. The maximum absolute atomic E-state index is 10.1. The van der Waals surface area contributed by atoms with E-state index in [2.05, 4.69) is 11.0 Å². The van der Waals surface area contributed by atoms with E-state index in [-0.39, 0.29) is 12.6 Å². The van der Waals surface area contributed by atoms with E-state index >= 15 is 0 Å². The number of benzene rings is 1. The number of fused-ring (bicyclic) bond motifs is 1. The maximum atomic E-state index is 10.1. The van der Waals surface area contributed by atoms with E-state index in [1.54, 1.807) is 7.11 Å². The number of aliphatic hydroxyl groups excluding tert-OH is 1. The van der Waals surface area contributed by atoms with Crippen molar-refractivity contribution in [1.82, 2.24) is 4.90 Å². The van der Waals surface area contributed by atoms with E-state index in [1.807, 2.05) is 19.2 Å². The van der Waals surface area contributed by atoms with Crippen LogP contribution >= 0.6 is 0 Å². The van der Waals surface area contributed by atoms with Crippen LogP contribution in [-0.2, 0) is 6.42 Å². The van der Waals surface area contributed by atoms with Crippen molar-refractivity contribution in [3.8, 4) is 5.75 Å². The van der Waals surface area contributed by atoms with Crippen LogP contribution in [0.5, 0.6) is 5.75 Å². The highest BCUT2D eigenvalue weighted by Gasteiger charge is 2.30. The zero-order valence-electron chi connectivity index (χ0n) is 10.4. The molecule has 2 unspecified atom stereocenters. The lowest BCUT2D eigenvalue weighted by atomic mass is 9.89. The normalized spacial score (nSPS) is 22.0. The largest absolute Gasteiger partial charge is 0.497 e. The van der Waals surface area contributed by atoms with Crippen LogP contribution in [0, 0.1) is 0 Å². The first-order valence-electron chi connectivity index (χ1n) is 5.92. The molecule has 2 atom stereocenters. The average molecular weight is 236 g/mol. The Bertz CT molecular complexity index is 395. The molecule has 1 aromatic carbocycles. The van der Waals surface area contributed by atoms with Gasteiger partial charge >= 0.3 is 0 Å². The number of hydrogen-bond donors (Lipinski definition) is 2. The van der Waals surface area contributed by atoms with Crippen LogP contribution < -0.4 is 10.5 Å². The van der Waals surface area contributed by atoms with Gasteiger partial charge in [-0.3, -0.25) is 4.90 Å². The number of nitrogens with zero attached hydrogens (tertiary/aromatic N) is 1. The predicted octanol–water partition coefficient (Wildman–Crippen LogP) is 0.544. The van der Waals surface area contributed by atoms with Crippen LogP contribution in [0.1, 0.15) is 17.2 Å². The highest BCUT2D eigenvalue weighted by atomic mass is 16.5. The molecule has 3 N–H and O–H groups in total. The van der Waals surface area contributed by atoms with Crippen LogP contribution in [0.4, 0.5) is 0 Å². The fourth-order valence-corrected chi connectivity index (χ4v) is 2.51. The van der Waals surface area contributed by atoms with Crippen LogP contribution in [0.15, 0.2) is 18.2 Å².